The predicted molar refractivity (Wildman–Crippen MR) is 80.7 cm³/mol. The zero-order valence-electron chi connectivity index (χ0n) is 12.3. The first-order valence-corrected chi connectivity index (χ1v) is 7.38. The van der Waals surface area contributed by atoms with E-state index < -0.39 is 0 Å². The van der Waals surface area contributed by atoms with Crippen molar-refractivity contribution in [2.24, 2.45) is 5.92 Å². The maximum atomic E-state index is 12.1. The molecular formula is C16H24N2O2. The molecule has 1 aliphatic heterocycles. The van der Waals surface area contributed by atoms with Gasteiger partial charge in [-0.25, -0.2) is 0 Å². The van der Waals surface area contributed by atoms with Crippen LogP contribution in [0.4, 0.5) is 5.69 Å². The summed E-state index contributed by atoms with van der Waals surface area (Å²) in [6.07, 6.45) is 1.52. The summed E-state index contributed by atoms with van der Waals surface area (Å²) < 4.78 is 0. The van der Waals surface area contributed by atoms with Crippen molar-refractivity contribution in [3.05, 3.63) is 29.8 Å². The predicted octanol–water partition coefficient (Wildman–Crippen LogP) is 1.89. The van der Waals surface area contributed by atoms with Gasteiger partial charge in [0.1, 0.15) is 0 Å². The van der Waals surface area contributed by atoms with Crippen LogP contribution in [0.15, 0.2) is 24.3 Å². The van der Waals surface area contributed by atoms with Crippen molar-refractivity contribution in [2.75, 3.05) is 25.0 Å². The van der Waals surface area contributed by atoms with Crippen LogP contribution in [0.3, 0.4) is 0 Å². The first-order chi connectivity index (χ1) is 9.60. The maximum Gasteiger partial charge on any atom is 0.238 e. The molecule has 4 nitrogen and oxygen atoms in total. The molecule has 110 valence electrons. The number of aliphatic hydroxyl groups is 1. The lowest BCUT2D eigenvalue weighted by atomic mass is 9.96. The van der Waals surface area contributed by atoms with Gasteiger partial charge in [-0.1, -0.05) is 32.0 Å². The van der Waals surface area contributed by atoms with E-state index in [4.69, 9.17) is 0 Å². The Morgan fingerprint density at radius 2 is 2.20 bits per heavy atom. The molecule has 1 aromatic rings. The molecule has 2 unspecified atom stereocenters. The maximum absolute atomic E-state index is 12.1. The zero-order chi connectivity index (χ0) is 14.5. The second-order valence-electron chi connectivity index (χ2n) is 5.63. The van der Waals surface area contributed by atoms with Crippen molar-refractivity contribution in [2.45, 2.75) is 32.8 Å². The average Bonchev–Trinajstić information content (AvgIpc) is 2.43. The fraction of sp³-hybridized carbons (Fsp3) is 0.562. The number of likely N-dealkylation sites (tertiary alicyclic amines) is 1. The van der Waals surface area contributed by atoms with Crippen LogP contribution in [-0.4, -0.2) is 41.7 Å². The fourth-order valence-corrected chi connectivity index (χ4v) is 2.60. The molecule has 2 atom stereocenters. The van der Waals surface area contributed by atoms with Crippen molar-refractivity contribution in [3.63, 3.8) is 0 Å². The molecule has 0 bridgehead atoms. The molecular weight excluding hydrogens is 252 g/mol. The van der Waals surface area contributed by atoms with Gasteiger partial charge in [0.2, 0.25) is 5.91 Å². The first kappa shape index (κ1) is 15.0. The molecule has 0 spiro atoms. The lowest BCUT2D eigenvalue weighted by molar-refractivity contribution is -0.118. The van der Waals surface area contributed by atoms with Crippen LogP contribution < -0.4 is 5.32 Å². The largest absolute Gasteiger partial charge is 0.392 e. The Kier molecular flexibility index (Phi) is 5.15. The van der Waals surface area contributed by atoms with E-state index in [1.54, 1.807) is 0 Å². The lowest BCUT2D eigenvalue weighted by Gasteiger charge is -2.33. The first-order valence-electron chi connectivity index (χ1n) is 7.38. The quantitative estimate of drug-likeness (QED) is 0.883. The molecule has 1 heterocycles. The van der Waals surface area contributed by atoms with Gasteiger partial charge in [0, 0.05) is 12.2 Å². The third kappa shape index (κ3) is 3.81. The number of carbonyl (C=O) groups is 1. The summed E-state index contributed by atoms with van der Waals surface area (Å²) in [6.45, 7) is 5.94. The van der Waals surface area contributed by atoms with E-state index in [2.05, 4.69) is 19.2 Å². The summed E-state index contributed by atoms with van der Waals surface area (Å²) in [5.41, 5.74) is 2.04. The standard InChI is InChI=1S/C16H24N2O2/c1-3-13-6-4-5-7-14(13)17-16(20)11-18-9-8-12(2)15(19)10-18/h4-7,12,15,19H,3,8-11H2,1-2H3,(H,17,20). The highest BCUT2D eigenvalue weighted by atomic mass is 16.3. The van der Waals surface area contributed by atoms with Crippen LogP contribution in [0.1, 0.15) is 25.8 Å². The molecule has 0 aliphatic carbocycles. The van der Waals surface area contributed by atoms with E-state index in [0.29, 0.717) is 19.0 Å². The second kappa shape index (κ2) is 6.86. The summed E-state index contributed by atoms with van der Waals surface area (Å²) in [5.74, 6) is 0.322. The van der Waals surface area contributed by atoms with E-state index in [0.717, 1.165) is 30.6 Å². The molecule has 0 radical (unpaired) electrons. The van der Waals surface area contributed by atoms with E-state index >= 15 is 0 Å². The number of carbonyl (C=O) groups excluding carboxylic acids is 1. The number of piperidine rings is 1. The summed E-state index contributed by atoms with van der Waals surface area (Å²) >= 11 is 0. The van der Waals surface area contributed by atoms with Gasteiger partial charge in [0.15, 0.2) is 0 Å². The third-order valence-electron chi connectivity index (χ3n) is 4.04. The van der Waals surface area contributed by atoms with Gasteiger partial charge in [0.05, 0.1) is 12.6 Å². The van der Waals surface area contributed by atoms with E-state index in [1.165, 1.54) is 0 Å². The van der Waals surface area contributed by atoms with Crippen LogP contribution in [0.25, 0.3) is 0 Å². The van der Waals surface area contributed by atoms with Gasteiger partial charge in [-0.3, -0.25) is 9.69 Å². The van der Waals surface area contributed by atoms with Crippen LogP contribution >= 0.6 is 0 Å². The number of para-hydroxylation sites is 1. The SMILES string of the molecule is CCc1ccccc1NC(=O)CN1CCC(C)C(O)C1. The minimum atomic E-state index is -0.320. The molecule has 1 saturated heterocycles. The molecule has 1 aromatic carbocycles. The zero-order valence-corrected chi connectivity index (χ0v) is 12.3. The Hall–Kier alpha value is -1.39. The smallest absolute Gasteiger partial charge is 0.238 e. The number of anilines is 1. The van der Waals surface area contributed by atoms with E-state index in [-0.39, 0.29) is 12.0 Å². The Morgan fingerprint density at radius 3 is 2.90 bits per heavy atom. The molecule has 20 heavy (non-hydrogen) atoms. The average molecular weight is 276 g/mol. The van der Waals surface area contributed by atoms with Crippen LogP contribution in [0.2, 0.25) is 0 Å². The van der Waals surface area contributed by atoms with Crippen molar-refractivity contribution in [1.82, 2.24) is 4.90 Å². The molecule has 2 rings (SSSR count). The Bertz CT molecular complexity index is 462. The van der Waals surface area contributed by atoms with E-state index in [1.807, 2.05) is 29.2 Å². The van der Waals surface area contributed by atoms with Gasteiger partial charge < -0.3 is 10.4 Å². The van der Waals surface area contributed by atoms with Gasteiger partial charge in [0.25, 0.3) is 0 Å². The van der Waals surface area contributed by atoms with Gasteiger partial charge >= 0.3 is 0 Å². The van der Waals surface area contributed by atoms with Crippen LogP contribution in [-0.2, 0) is 11.2 Å². The minimum Gasteiger partial charge on any atom is -0.392 e. The van der Waals surface area contributed by atoms with Crippen molar-refractivity contribution < 1.29 is 9.90 Å². The second-order valence-corrected chi connectivity index (χ2v) is 5.63. The summed E-state index contributed by atoms with van der Waals surface area (Å²) in [4.78, 5) is 14.1. The fourth-order valence-electron chi connectivity index (χ4n) is 2.60. The van der Waals surface area contributed by atoms with Crippen molar-refractivity contribution in [3.8, 4) is 0 Å². The van der Waals surface area contributed by atoms with Crippen molar-refractivity contribution >= 4 is 11.6 Å². The Labute approximate surface area is 120 Å². The Morgan fingerprint density at radius 1 is 1.45 bits per heavy atom. The number of hydrogen-bond acceptors (Lipinski definition) is 3. The van der Waals surface area contributed by atoms with Crippen LogP contribution in [0, 0.1) is 5.92 Å². The van der Waals surface area contributed by atoms with Crippen LogP contribution in [0.5, 0.6) is 0 Å². The summed E-state index contributed by atoms with van der Waals surface area (Å²) in [5, 5.41) is 12.8. The van der Waals surface area contributed by atoms with Gasteiger partial charge in [-0.05, 0) is 36.9 Å². The van der Waals surface area contributed by atoms with Gasteiger partial charge in [-0.2, -0.15) is 0 Å². The lowest BCUT2D eigenvalue weighted by Crippen LogP contribution is -2.45. The highest BCUT2D eigenvalue weighted by Crippen LogP contribution is 2.18. The number of amides is 1. The monoisotopic (exact) mass is 276 g/mol. The number of aryl methyl sites for hydroxylation is 1. The van der Waals surface area contributed by atoms with E-state index in [9.17, 15) is 9.90 Å². The Balaban J connectivity index is 1.89. The molecule has 2 N–H and O–H groups in total. The number of aliphatic hydroxyl groups excluding tert-OH is 1. The topological polar surface area (TPSA) is 52.6 Å². The highest BCUT2D eigenvalue weighted by molar-refractivity contribution is 5.93. The number of β-amino-alcohol motifs (C(OH)–C–C–N with tert-alkyl or cyclic N) is 1. The molecule has 4 heteroatoms. The number of nitrogens with one attached hydrogen (secondary N) is 1. The van der Waals surface area contributed by atoms with Crippen molar-refractivity contribution in [1.29, 1.82) is 0 Å². The molecule has 0 saturated carbocycles. The minimum absolute atomic E-state index is 0.00680. The van der Waals surface area contributed by atoms with Gasteiger partial charge in [-0.15, -0.1) is 0 Å². The molecule has 0 aromatic heterocycles. The number of hydrogen-bond donors (Lipinski definition) is 2. The molecule has 1 fully saturated rings. The third-order valence-corrected chi connectivity index (χ3v) is 4.04. The number of nitrogens with zero attached hydrogens (tertiary/aromatic N) is 1. The highest BCUT2D eigenvalue weighted by Gasteiger charge is 2.25. The number of rotatable bonds is 4. The molecule has 1 aliphatic rings. The summed E-state index contributed by atoms with van der Waals surface area (Å²) in [7, 11) is 0. The normalized spacial score (nSPS) is 23.6. The molecule has 1 amide bonds. The number of benzene rings is 1. The summed E-state index contributed by atoms with van der Waals surface area (Å²) in [6, 6.07) is 7.88.